The van der Waals surface area contributed by atoms with Gasteiger partial charge in [-0.15, -0.1) is 0 Å². The van der Waals surface area contributed by atoms with Gasteiger partial charge in [0.2, 0.25) is 0 Å². The van der Waals surface area contributed by atoms with Gasteiger partial charge in [0.1, 0.15) is 4.90 Å². The number of hydrogen-bond acceptors (Lipinski definition) is 5. The predicted molar refractivity (Wildman–Crippen MR) is 53.8 cm³/mol. The molecule has 1 rings (SSSR count). The molecule has 6 nitrogen and oxygen atoms in total. The molecular formula is C8H11NO5S. The smallest absolute Gasteiger partial charge is 0.296 e. The Morgan fingerprint density at radius 3 is 2.07 bits per heavy atom. The number of nitrogen functional groups attached to an aromatic ring is 1. The zero-order chi connectivity index (χ0) is 11.6. The van der Waals surface area contributed by atoms with E-state index in [1.165, 1.54) is 20.3 Å². The van der Waals surface area contributed by atoms with Crippen LogP contribution in [0.1, 0.15) is 0 Å². The molecule has 0 bridgehead atoms. The van der Waals surface area contributed by atoms with Crippen molar-refractivity contribution in [3.8, 4) is 11.5 Å². The molecule has 0 amide bonds. The second kappa shape index (κ2) is 3.95. The molecule has 0 spiro atoms. The third-order valence-electron chi connectivity index (χ3n) is 1.79. The van der Waals surface area contributed by atoms with Crippen molar-refractivity contribution in [2.24, 2.45) is 0 Å². The van der Waals surface area contributed by atoms with Crippen LogP contribution in [0.25, 0.3) is 0 Å². The summed E-state index contributed by atoms with van der Waals surface area (Å²) in [6, 6.07) is 2.37. The zero-order valence-corrected chi connectivity index (χ0v) is 9.04. The van der Waals surface area contributed by atoms with Gasteiger partial charge in [0.05, 0.1) is 19.9 Å². The molecule has 0 saturated carbocycles. The molecule has 84 valence electrons. The molecule has 0 aliphatic rings. The summed E-state index contributed by atoms with van der Waals surface area (Å²) in [5.74, 6) is 0.474. The van der Waals surface area contributed by atoms with Crippen LogP contribution in [0.4, 0.5) is 5.69 Å². The van der Waals surface area contributed by atoms with Crippen LogP contribution in [0.3, 0.4) is 0 Å². The van der Waals surface area contributed by atoms with Crippen molar-refractivity contribution in [1.29, 1.82) is 0 Å². The van der Waals surface area contributed by atoms with E-state index in [1.54, 1.807) is 0 Å². The lowest BCUT2D eigenvalue weighted by atomic mass is 10.3. The number of ether oxygens (including phenoxy) is 2. The standard InChI is InChI=1S/C8H11NO5S/c1-13-6-3-5(9)8(15(10,11)12)4-7(6)14-2/h3-4H,9H2,1-2H3,(H,10,11,12). The Hall–Kier alpha value is -1.47. The molecule has 0 saturated heterocycles. The third-order valence-corrected chi connectivity index (χ3v) is 2.70. The summed E-state index contributed by atoms with van der Waals surface area (Å²) < 4.78 is 40.4. The van der Waals surface area contributed by atoms with E-state index in [0.29, 0.717) is 5.75 Å². The molecule has 0 heterocycles. The normalized spacial score (nSPS) is 11.1. The molecular weight excluding hydrogens is 222 g/mol. The lowest BCUT2D eigenvalue weighted by Gasteiger charge is -2.10. The molecule has 0 radical (unpaired) electrons. The highest BCUT2D eigenvalue weighted by atomic mass is 32.2. The van der Waals surface area contributed by atoms with Crippen molar-refractivity contribution < 1.29 is 22.4 Å². The van der Waals surface area contributed by atoms with E-state index in [0.717, 1.165) is 6.07 Å². The third kappa shape index (κ3) is 2.31. The molecule has 0 aliphatic heterocycles. The molecule has 0 unspecified atom stereocenters. The Morgan fingerprint density at radius 1 is 1.20 bits per heavy atom. The maximum Gasteiger partial charge on any atom is 0.296 e. The molecule has 3 N–H and O–H groups in total. The van der Waals surface area contributed by atoms with Gasteiger partial charge in [-0.25, -0.2) is 0 Å². The number of hydrogen-bond donors (Lipinski definition) is 2. The summed E-state index contributed by atoms with van der Waals surface area (Å²) in [7, 11) is -1.61. The summed E-state index contributed by atoms with van der Waals surface area (Å²) in [4.78, 5) is -0.403. The van der Waals surface area contributed by atoms with E-state index in [2.05, 4.69) is 0 Å². The maximum atomic E-state index is 10.9. The fourth-order valence-electron chi connectivity index (χ4n) is 1.10. The zero-order valence-electron chi connectivity index (χ0n) is 8.22. The van der Waals surface area contributed by atoms with Gasteiger partial charge in [0.25, 0.3) is 10.1 Å². The Bertz CT molecular complexity index is 468. The second-order valence-corrected chi connectivity index (χ2v) is 4.11. The van der Waals surface area contributed by atoms with Crippen LogP contribution in [0.5, 0.6) is 11.5 Å². The van der Waals surface area contributed by atoms with Crippen LogP contribution >= 0.6 is 0 Å². The van der Waals surface area contributed by atoms with Crippen molar-refractivity contribution in [3.05, 3.63) is 12.1 Å². The van der Waals surface area contributed by atoms with Crippen LogP contribution in [-0.4, -0.2) is 27.2 Å². The van der Waals surface area contributed by atoms with Crippen LogP contribution in [0, 0.1) is 0 Å². The van der Waals surface area contributed by atoms with E-state index in [1.807, 2.05) is 0 Å². The number of methoxy groups -OCH3 is 2. The summed E-state index contributed by atoms with van der Waals surface area (Å²) in [6.45, 7) is 0. The van der Waals surface area contributed by atoms with E-state index in [4.69, 9.17) is 19.8 Å². The SMILES string of the molecule is COc1cc(N)c(S(=O)(=O)O)cc1OC. The van der Waals surface area contributed by atoms with E-state index in [-0.39, 0.29) is 11.4 Å². The van der Waals surface area contributed by atoms with Crippen LogP contribution in [0.2, 0.25) is 0 Å². The quantitative estimate of drug-likeness (QED) is 0.583. The van der Waals surface area contributed by atoms with Crippen LogP contribution in [-0.2, 0) is 10.1 Å². The molecule has 7 heteroatoms. The lowest BCUT2D eigenvalue weighted by Crippen LogP contribution is -2.04. The van der Waals surface area contributed by atoms with Gasteiger partial charge in [-0.1, -0.05) is 0 Å². The number of nitrogens with two attached hydrogens (primary N) is 1. The van der Waals surface area contributed by atoms with Gasteiger partial charge in [-0.05, 0) is 0 Å². The largest absolute Gasteiger partial charge is 0.493 e. The summed E-state index contributed by atoms with van der Waals surface area (Å²) in [5.41, 5.74) is 5.33. The van der Waals surface area contributed by atoms with E-state index in [9.17, 15) is 8.42 Å². The lowest BCUT2D eigenvalue weighted by molar-refractivity contribution is 0.354. The van der Waals surface area contributed by atoms with Gasteiger partial charge in [-0.2, -0.15) is 8.42 Å². The average Bonchev–Trinajstić information content (AvgIpc) is 2.15. The van der Waals surface area contributed by atoms with Crippen LogP contribution in [0.15, 0.2) is 17.0 Å². The molecule has 0 aromatic heterocycles. The molecule has 0 fully saturated rings. The first-order valence-corrected chi connectivity index (χ1v) is 5.33. The molecule has 0 aliphatic carbocycles. The second-order valence-electron chi connectivity index (χ2n) is 2.72. The molecule has 1 aromatic rings. The number of rotatable bonds is 3. The van der Waals surface area contributed by atoms with Crippen LogP contribution < -0.4 is 15.2 Å². The highest BCUT2D eigenvalue weighted by molar-refractivity contribution is 7.86. The first-order valence-electron chi connectivity index (χ1n) is 3.89. The van der Waals surface area contributed by atoms with Gasteiger partial charge in [0.15, 0.2) is 11.5 Å². The van der Waals surface area contributed by atoms with E-state index < -0.39 is 15.0 Å². The fourth-order valence-corrected chi connectivity index (χ4v) is 1.71. The Morgan fingerprint density at radius 2 is 1.67 bits per heavy atom. The Balaban J connectivity index is 3.46. The maximum absolute atomic E-state index is 10.9. The summed E-state index contributed by atoms with van der Waals surface area (Å²) >= 11 is 0. The van der Waals surface area contributed by atoms with E-state index >= 15 is 0 Å². The number of benzene rings is 1. The Kier molecular flexibility index (Phi) is 3.06. The Labute approximate surface area is 87.4 Å². The van der Waals surface area contributed by atoms with Gasteiger partial charge >= 0.3 is 0 Å². The topological polar surface area (TPSA) is 98.9 Å². The monoisotopic (exact) mass is 233 g/mol. The first-order chi connectivity index (χ1) is 6.90. The predicted octanol–water partition coefficient (Wildman–Crippen LogP) is 0.533. The van der Waals surface area contributed by atoms with Crippen molar-refractivity contribution >= 4 is 15.8 Å². The van der Waals surface area contributed by atoms with Crippen molar-refractivity contribution in [2.75, 3.05) is 20.0 Å². The minimum absolute atomic E-state index is 0.102. The van der Waals surface area contributed by atoms with Gasteiger partial charge < -0.3 is 15.2 Å². The highest BCUT2D eigenvalue weighted by Gasteiger charge is 2.18. The van der Waals surface area contributed by atoms with Crippen molar-refractivity contribution in [2.45, 2.75) is 4.90 Å². The first kappa shape index (κ1) is 11.6. The molecule has 1 aromatic carbocycles. The van der Waals surface area contributed by atoms with Gasteiger partial charge in [0, 0.05) is 12.1 Å². The molecule has 15 heavy (non-hydrogen) atoms. The number of anilines is 1. The minimum Gasteiger partial charge on any atom is -0.493 e. The highest BCUT2D eigenvalue weighted by Crippen LogP contribution is 2.33. The van der Waals surface area contributed by atoms with Gasteiger partial charge in [-0.3, -0.25) is 4.55 Å². The fraction of sp³-hybridized carbons (Fsp3) is 0.250. The van der Waals surface area contributed by atoms with Crippen molar-refractivity contribution in [1.82, 2.24) is 0 Å². The summed E-state index contributed by atoms with van der Waals surface area (Å²) in [5, 5.41) is 0. The minimum atomic E-state index is -4.35. The average molecular weight is 233 g/mol. The molecule has 0 atom stereocenters. The summed E-state index contributed by atoms with van der Waals surface area (Å²) in [6.07, 6.45) is 0. The van der Waals surface area contributed by atoms with Crippen molar-refractivity contribution in [3.63, 3.8) is 0 Å².